The highest BCUT2D eigenvalue weighted by molar-refractivity contribution is 6.07. The number of non-ortho nitro benzene ring substituents is 2. The number of hydrogen-bond donors (Lipinski definition) is 0. The predicted octanol–water partition coefficient (Wildman–Crippen LogP) is 4.62. The smallest absolute Gasteiger partial charge is 0.343 e. The molecular weight excluding hydrogens is 404 g/mol. The lowest BCUT2D eigenvalue weighted by atomic mass is 10.1. The van der Waals surface area contributed by atoms with Crippen molar-refractivity contribution in [1.82, 2.24) is 0 Å². The highest BCUT2D eigenvalue weighted by Crippen LogP contribution is 2.19. The van der Waals surface area contributed by atoms with Gasteiger partial charge in [0.25, 0.3) is 11.4 Å². The van der Waals surface area contributed by atoms with Gasteiger partial charge in [0.1, 0.15) is 5.75 Å². The van der Waals surface area contributed by atoms with Crippen LogP contribution < -0.4 is 4.74 Å². The Morgan fingerprint density at radius 1 is 0.774 bits per heavy atom. The van der Waals surface area contributed by atoms with Crippen LogP contribution in [-0.4, -0.2) is 21.6 Å². The number of nitro groups is 2. The Labute approximate surface area is 175 Å². The summed E-state index contributed by atoms with van der Waals surface area (Å²) in [5.41, 5.74) is 0.534. The number of ketones is 1. The molecular formula is C22H14N2O7. The lowest BCUT2D eigenvalue weighted by Gasteiger charge is -2.05. The first kappa shape index (κ1) is 21.1. The normalized spacial score (nSPS) is 10.6. The molecule has 0 saturated carbocycles. The van der Waals surface area contributed by atoms with Crippen molar-refractivity contribution >= 4 is 29.2 Å². The second-order valence-electron chi connectivity index (χ2n) is 6.27. The van der Waals surface area contributed by atoms with Crippen molar-refractivity contribution in [2.75, 3.05) is 0 Å². The summed E-state index contributed by atoms with van der Waals surface area (Å²) in [6.07, 6.45) is 2.74. The van der Waals surface area contributed by atoms with E-state index in [0.29, 0.717) is 11.1 Å². The minimum Gasteiger partial charge on any atom is -0.423 e. The molecule has 9 nitrogen and oxygen atoms in total. The topological polar surface area (TPSA) is 130 Å². The van der Waals surface area contributed by atoms with Gasteiger partial charge in [-0.15, -0.1) is 0 Å². The third kappa shape index (κ3) is 5.45. The number of carbonyl (C=O) groups excluding carboxylic acids is 2. The zero-order valence-electron chi connectivity index (χ0n) is 15.8. The number of benzene rings is 3. The van der Waals surface area contributed by atoms with Gasteiger partial charge in [-0.25, -0.2) is 4.79 Å². The maximum absolute atomic E-state index is 12.3. The lowest BCUT2D eigenvalue weighted by molar-refractivity contribution is -0.385. The molecule has 31 heavy (non-hydrogen) atoms. The number of nitro benzene ring substituents is 2. The fourth-order valence-corrected chi connectivity index (χ4v) is 2.61. The maximum Gasteiger partial charge on any atom is 0.343 e. The Morgan fingerprint density at radius 3 is 2.03 bits per heavy atom. The molecule has 0 atom stereocenters. The first-order chi connectivity index (χ1) is 14.8. The maximum atomic E-state index is 12.3. The third-order valence-corrected chi connectivity index (χ3v) is 4.15. The van der Waals surface area contributed by atoms with Crippen molar-refractivity contribution < 1.29 is 24.2 Å². The fourth-order valence-electron chi connectivity index (χ4n) is 2.61. The highest BCUT2D eigenvalue weighted by Gasteiger charge is 2.14. The lowest BCUT2D eigenvalue weighted by Crippen LogP contribution is -2.09. The molecule has 0 aliphatic carbocycles. The molecule has 9 heteroatoms. The van der Waals surface area contributed by atoms with Crippen LogP contribution in [0.1, 0.15) is 26.3 Å². The monoisotopic (exact) mass is 418 g/mol. The molecule has 0 aromatic heterocycles. The van der Waals surface area contributed by atoms with Gasteiger partial charge < -0.3 is 4.74 Å². The molecule has 0 amide bonds. The molecule has 0 unspecified atom stereocenters. The van der Waals surface area contributed by atoms with Gasteiger partial charge in [-0.3, -0.25) is 25.0 Å². The summed E-state index contributed by atoms with van der Waals surface area (Å²) in [5, 5.41) is 21.6. The van der Waals surface area contributed by atoms with Crippen LogP contribution in [0.2, 0.25) is 0 Å². The van der Waals surface area contributed by atoms with E-state index in [1.807, 2.05) is 0 Å². The zero-order valence-corrected chi connectivity index (χ0v) is 15.8. The molecule has 0 aliphatic rings. The molecule has 0 aliphatic heterocycles. The van der Waals surface area contributed by atoms with Gasteiger partial charge in [0.2, 0.25) is 0 Å². The van der Waals surface area contributed by atoms with E-state index in [0.717, 1.165) is 6.07 Å². The van der Waals surface area contributed by atoms with Crippen LogP contribution in [0, 0.1) is 20.2 Å². The number of rotatable bonds is 7. The van der Waals surface area contributed by atoms with Crippen molar-refractivity contribution in [2.24, 2.45) is 0 Å². The third-order valence-electron chi connectivity index (χ3n) is 4.15. The summed E-state index contributed by atoms with van der Waals surface area (Å²) in [7, 11) is 0. The molecule has 0 saturated heterocycles. The Hall–Kier alpha value is -4.66. The quantitative estimate of drug-likeness (QED) is 0.137. The van der Waals surface area contributed by atoms with E-state index in [2.05, 4.69) is 0 Å². The van der Waals surface area contributed by atoms with E-state index >= 15 is 0 Å². The van der Waals surface area contributed by atoms with Gasteiger partial charge >= 0.3 is 5.97 Å². The first-order valence-electron chi connectivity index (χ1n) is 8.87. The highest BCUT2D eigenvalue weighted by atomic mass is 16.6. The Kier molecular flexibility index (Phi) is 6.27. The van der Waals surface area contributed by atoms with Gasteiger partial charge in [0.05, 0.1) is 15.4 Å². The largest absolute Gasteiger partial charge is 0.423 e. The van der Waals surface area contributed by atoms with E-state index in [4.69, 9.17) is 4.74 Å². The minimum atomic E-state index is -0.770. The zero-order chi connectivity index (χ0) is 22.4. The van der Waals surface area contributed by atoms with E-state index in [-0.39, 0.29) is 28.5 Å². The molecule has 0 N–H and O–H groups in total. The van der Waals surface area contributed by atoms with Gasteiger partial charge in [-0.2, -0.15) is 0 Å². The fraction of sp³-hybridized carbons (Fsp3) is 0. The van der Waals surface area contributed by atoms with Crippen LogP contribution in [0.5, 0.6) is 5.75 Å². The van der Waals surface area contributed by atoms with Gasteiger partial charge in [0, 0.05) is 29.8 Å². The SMILES string of the molecule is O=C(C=Cc1cccc([N+](=O)[O-])c1)c1ccc(OC(=O)c2cccc([N+](=O)[O-])c2)cc1. The van der Waals surface area contributed by atoms with Crippen LogP contribution >= 0.6 is 0 Å². The van der Waals surface area contributed by atoms with Gasteiger partial charge in [-0.05, 0) is 42.0 Å². The molecule has 3 aromatic rings. The second kappa shape index (κ2) is 9.23. The van der Waals surface area contributed by atoms with Crippen LogP contribution in [0.3, 0.4) is 0 Å². The first-order valence-corrected chi connectivity index (χ1v) is 8.87. The molecule has 3 aromatic carbocycles. The van der Waals surface area contributed by atoms with E-state index in [1.165, 1.54) is 72.8 Å². The summed E-state index contributed by atoms with van der Waals surface area (Å²) >= 11 is 0. The van der Waals surface area contributed by atoms with Crippen LogP contribution in [0.25, 0.3) is 6.08 Å². The molecule has 0 heterocycles. The van der Waals surface area contributed by atoms with E-state index in [1.54, 1.807) is 6.07 Å². The predicted molar refractivity (Wildman–Crippen MR) is 111 cm³/mol. The van der Waals surface area contributed by atoms with Crippen LogP contribution in [-0.2, 0) is 0 Å². The van der Waals surface area contributed by atoms with Crippen molar-refractivity contribution in [1.29, 1.82) is 0 Å². The average molecular weight is 418 g/mol. The van der Waals surface area contributed by atoms with Crippen molar-refractivity contribution in [3.63, 3.8) is 0 Å². The molecule has 0 spiro atoms. The van der Waals surface area contributed by atoms with Crippen molar-refractivity contribution in [3.05, 3.63) is 116 Å². The van der Waals surface area contributed by atoms with E-state index < -0.39 is 15.8 Å². The summed E-state index contributed by atoms with van der Waals surface area (Å²) in [5.74, 6) is -0.952. The standard InChI is InChI=1S/C22H14N2O7/c25-21(12-7-15-3-1-5-18(13-15)23(27)28)16-8-10-20(11-9-16)31-22(26)17-4-2-6-19(14-17)24(29)30/h1-14H. The molecule has 0 radical (unpaired) electrons. The summed E-state index contributed by atoms with van der Waals surface area (Å²) in [4.78, 5) is 45.0. The molecule has 3 rings (SSSR count). The molecule has 154 valence electrons. The van der Waals surface area contributed by atoms with Gasteiger partial charge in [-0.1, -0.05) is 24.3 Å². The van der Waals surface area contributed by atoms with Crippen LogP contribution in [0.4, 0.5) is 11.4 Å². The van der Waals surface area contributed by atoms with Crippen molar-refractivity contribution in [2.45, 2.75) is 0 Å². The minimum absolute atomic E-state index is 0.0224. The number of hydrogen-bond acceptors (Lipinski definition) is 7. The summed E-state index contributed by atoms with van der Waals surface area (Å²) in [6.45, 7) is 0. The molecule has 0 bridgehead atoms. The number of allylic oxidation sites excluding steroid dienone is 1. The molecule has 0 fully saturated rings. The Morgan fingerprint density at radius 2 is 1.39 bits per heavy atom. The Bertz CT molecular complexity index is 1200. The summed E-state index contributed by atoms with van der Waals surface area (Å²) in [6, 6.07) is 16.8. The van der Waals surface area contributed by atoms with Crippen molar-refractivity contribution in [3.8, 4) is 5.75 Å². The average Bonchev–Trinajstić information content (AvgIpc) is 2.78. The van der Waals surface area contributed by atoms with Crippen LogP contribution in [0.15, 0.2) is 78.9 Å². The number of ether oxygens (including phenoxy) is 1. The second-order valence-corrected chi connectivity index (χ2v) is 6.27. The number of esters is 1. The van der Waals surface area contributed by atoms with Gasteiger partial charge in [0.15, 0.2) is 5.78 Å². The summed E-state index contributed by atoms with van der Waals surface area (Å²) < 4.78 is 5.18. The number of nitrogens with zero attached hydrogens (tertiary/aromatic N) is 2. The Balaban J connectivity index is 1.67. The van der Waals surface area contributed by atoms with E-state index in [9.17, 15) is 29.8 Å². The number of carbonyl (C=O) groups is 2.